The summed E-state index contributed by atoms with van der Waals surface area (Å²) in [7, 11) is 0. The number of nitrogens with one attached hydrogen (secondary N) is 3. The number of aromatic amines is 2. The lowest BCUT2D eigenvalue weighted by atomic mass is 10.4. The average molecular weight is 207 g/mol. The maximum Gasteiger partial charge on any atom is 0.294 e. The normalized spacial score (nSPS) is 10.2. The highest BCUT2D eigenvalue weighted by atomic mass is 16.2. The quantitative estimate of drug-likeness (QED) is 0.536. The summed E-state index contributed by atoms with van der Waals surface area (Å²) in [5, 5.41) is 14.9. The molecule has 78 valence electrons. The van der Waals surface area contributed by atoms with Gasteiger partial charge < -0.3 is 11.1 Å². The van der Waals surface area contributed by atoms with E-state index in [4.69, 9.17) is 5.73 Å². The molecular formula is C7H9N7O. The fourth-order valence-electron chi connectivity index (χ4n) is 1.02. The third-order valence-electron chi connectivity index (χ3n) is 1.79. The first-order valence-corrected chi connectivity index (χ1v) is 4.16. The van der Waals surface area contributed by atoms with Crippen LogP contribution < -0.4 is 11.1 Å². The second-order valence-electron chi connectivity index (χ2n) is 2.92. The molecule has 0 saturated heterocycles. The van der Waals surface area contributed by atoms with Crippen LogP contribution in [0.15, 0.2) is 6.20 Å². The molecule has 0 aliphatic rings. The summed E-state index contributed by atoms with van der Waals surface area (Å²) < 4.78 is 0. The highest BCUT2D eigenvalue weighted by Gasteiger charge is 2.12. The smallest absolute Gasteiger partial charge is 0.294 e. The number of hydrogen-bond donors (Lipinski definition) is 4. The molecule has 8 heteroatoms. The Morgan fingerprint density at radius 3 is 2.87 bits per heavy atom. The van der Waals surface area contributed by atoms with Gasteiger partial charge in [0.15, 0.2) is 0 Å². The standard InChI is InChI=1S/C7H9N7O/c1-3-2-9-12-4(3)10-6(15)5-11-7(8)14-13-5/h2H,1H3,(H3,8,11,13,14)(H2,9,10,12,15). The topological polar surface area (TPSA) is 125 Å². The van der Waals surface area contributed by atoms with Crippen molar-refractivity contribution in [1.82, 2.24) is 25.4 Å². The Morgan fingerprint density at radius 2 is 2.33 bits per heavy atom. The van der Waals surface area contributed by atoms with Gasteiger partial charge in [-0.3, -0.25) is 15.0 Å². The Hall–Kier alpha value is -2.38. The summed E-state index contributed by atoms with van der Waals surface area (Å²) in [6.45, 7) is 1.81. The molecule has 2 heterocycles. The van der Waals surface area contributed by atoms with Crippen LogP contribution in [0.2, 0.25) is 0 Å². The minimum absolute atomic E-state index is 0.0292. The van der Waals surface area contributed by atoms with Crippen molar-refractivity contribution in [2.45, 2.75) is 6.92 Å². The van der Waals surface area contributed by atoms with Gasteiger partial charge in [-0.05, 0) is 6.92 Å². The van der Waals surface area contributed by atoms with Crippen LogP contribution in [0.25, 0.3) is 0 Å². The maximum absolute atomic E-state index is 11.5. The van der Waals surface area contributed by atoms with Crippen molar-refractivity contribution in [2.75, 3.05) is 11.1 Å². The molecule has 0 unspecified atom stereocenters. The van der Waals surface area contributed by atoms with Crippen LogP contribution in [0, 0.1) is 6.92 Å². The summed E-state index contributed by atoms with van der Waals surface area (Å²) >= 11 is 0. The van der Waals surface area contributed by atoms with Gasteiger partial charge in [0.2, 0.25) is 11.8 Å². The number of carbonyl (C=O) groups excluding carboxylic acids is 1. The minimum Gasteiger partial charge on any atom is -0.366 e. The van der Waals surface area contributed by atoms with Gasteiger partial charge in [-0.15, -0.1) is 5.10 Å². The Kier molecular flexibility index (Phi) is 2.08. The zero-order chi connectivity index (χ0) is 10.8. The molecule has 0 aromatic carbocycles. The summed E-state index contributed by atoms with van der Waals surface area (Å²) in [5.41, 5.74) is 6.10. The van der Waals surface area contributed by atoms with Gasteiger partial charge in [0.05, 0.1) is 6.20 Å². The number of nitrogens with zero attached hydrogens (tertiary/aromatic N) is 3. The van der Waals surface area contributed by atoms with E-state index < -0.39 is 5.91 Å². The number of aryl methyl sites for hydroxylation is 1. The number of nitrogen functional groups attached to an aromatic ring is 1. The van der Waals surface area contributed by atoms with E-state index in [2.05, 4.69) is 30.7 Å². The molecule has 0 atom stereocenters. The lowest BCUT2D eigenvalue weighted by molar-refractivity contribution is 0.101. The minimum atomic E-state index is -0.424. The van der Waals surface area contributed by atoms with E-state index in [0.717, 1.165) is 5.56 Å². The van der Waals surface area contributed by atoms with Crippen LogP contribution >= 0.6 is 0 Å². The number of carbonyl (C=O) groups is 1. The number of anilines is 2. The van der Waals surface area contributed by atoms with E-state index in [9.17, 15) is 4.79 Å². The molecule has 0 aliphatic heterocycles. The van der Waals surface area contributed by atoms with Crippen LogP contribution in [-0.4, -0.2) is 31.3 Å². The molecule has 1 amide bonds. The van der Waals surface area contributed by atoms with Crippen molar-refractivity contribution >= 4 is 17.7 Å². The molecule has 2 rings (SSSR count). The molecule has 0 aliphatic carbocycles. The number of rotatable bonds is 2. The van der Waals surface area contributed by atoms with Crippen molar-refractivity contribution in [2.24, 2.45) is 0 Å². The van der Waals surface area contributed by atoms with E-state index in [1.165, 1.54) is 0 Å². The van der Waals surface area contributed by atoms with E-state index in [1.54, 1.807) is 6.20 Å². The highest BCUT2D eigenvalue weighted by molar-refractivity contribution is 6.01. The lowest BCUT2D eigenvalue weighted by Crippen LogP contribution is -2.14. The molecular weight excluding hydrogens is 198 g/mol. The molecule has 0 radical (unpaired) electrons. The first-order chi connectivity index (χ1) is 7.16. The number of hydrogen-bond acceptors (Lipinski definition) is 5. The fraction of sp³-hybridized carbons (Fsp3) is 0.143. The number of amides is 1. The Bertz CT molecular complexity index is 485. The molecule has 0 spiro atoms. The predicted octanol–water partition coefficient (Wildman–Crippen LogP) is -0.329. The van der Waals surface area contributed by atoms with Crippen LogP contribution in [-0.2, 0) is 0 Å². The number of H-pyrrole nitrogens is 2. The zero-order valence-corrected chi connectivity index (χ0v) is 7.90. The van der Waals surface area contributed by atoms with E-state index in [1.807, 2.05) is 6.92 Å². The molecule has 5 N–H and O–H groups in total. The van der Waals surface area contributed by atoms with E-state index >= 15 is 0 Å². The van der Waals surface area contributed by atoms with Crippen molar-refractivity contribution in [3.05, 3.63) is 17.6 Å². The van der Waals surface area contributed by atoms with Gasteiger partial charge in [-0.25, -0.2) is 0 Å². The van der Waals surface area contributed by atoms with Crippen LogP contribution in [0.3, 0.4) is 0 Å². The molecule has 2 aromatic heterocycles. The van der Waals surface area contributed by atoms with Crippen molar-refractivity contribution in [3.8, 4) is 0 Å². The van der Waals surface area contributed by atoms with Crippen molar-refractivity contribution in [3.63, 3.8) is 0 Å². The number of aromatic nitrogens is 5. The molecule has 0 bridgehead atoms. The van der Waals surface area contributed by atoms with E-state index in [-0.39, 0.29) is 11.8 Å². The van der Waals surface area contributed by atoms with Crippen LogP contribution in [0.4, 0.5) is 11.8 Å². The number of nitrogens with two attached hydrogens (primary N) is 1. The largest absolute Gasteiger partial charge is 0.366 e. The van der Waals surface area contributed by atoms with Gasteiger partial charge in [0, 0.05) is 5.56 Å². The Labute approximate surface area is 84.3 Å². The molecule has 2 aromatic rings. The summed E-state index contributed by atoms with van der Waals surface area (Å²) in [6, 6.07) is 0. The van der Waals surface area contributed by atoms with E-state index in [0.29, 0.717) is 5.82 Å². The second kappa shape index (κ2) is 3.40. The first-order valence-electron chi connectivity index (χ1n) is 4.16. The fourth-order valence-corrected chi connectivity index (χ4v) is 1.02. The van der Waals surface area contributed by atoms with Gasteiger partial charge in [-0.1, -0.05) is 0 Å². The molecule has 8 nitrogen and oxygen atoms in total. The second-order valence-corrected chi connectivity index (χ2v) is 2.92. The third-order valence-corrected chi connectivity index (χ3v) is 1.79. The summed E-state index contributed by atoms with van der Waals surface area (Å²) in [5.74, 6) is 0.185. The SMILES string of the molecule is Cc1cn[nH]c1NC(=O)c1nc(N)n[nH]1. The summed E-state index contributed by atoms with van der Waals surface area (Å²) in [4.78, 5) is 15.2. The Morgan fingerprint density at radius 1 is 1.53 bits per heavy atom. The monoisotopic (exact) mass is 207 g/mol. The Balaban J connectivity index is 2.14. The lowest BCUT2D eigenvalue weighted by Gasteiger charge is -1.99. The maximum atomic E-state index is 11.5. The highest BCUT2D eigenvalue weighted by Crippen LogP contribution is 2.09. The van der Waals surface area contributed by atoms with Gasteiger partial charge in [0.25, 0.3) is 5.91 Å². The van der Waals surface area contributed by atoms with Crippen molar-refractivity contribution < 1.29 is 4.79 Å². The van der Waals surface area contributed by atoms with Crippen LogP contribution in [0.1, 0.15) is 16.2 Å². The molecule has 0 fully saturated rings. The van der Waals surface area contributed by atoms with Gasteiger partial charge in [-0.2, -0.15) is 10.1 Å². The van der Waals surface area contributed by atoms with Crippen molar-refractivity contribution in [1.29, 1.82) is 0 Å². The average Bonchev–Trinajstić information content (AvgIpc) is 2.77. The van der Waals surface area contributed by atoms with Crippen LogP contribution in [0.5, 0.6) is 0 Å². The predicted molar refractivity (Wildman–Crippen MR) is 52.1 cm³/mol. The first kappa shape index (κ1) is 9.19. The molecule has 15 heavy (non-hydrogen) atoms. The third kappa shape index (κ3) is 1.77. The summed E-state index contributed by atoms with van der Waals surface area (Å²) in [6.07, 6.45) is 1.60. The molecule has 0 saturated carbocycles. The van der Waals surface area contributed by atoms with Gasteiger partial charge >= 0.3 is 0 Å². The zero-order valence-electron chi connectivity index (χ0n) is 7.90. The van der Waals surface area contributed by atoms with Gasteiger partial charge in [0.1, 0.15) is 5.82 Å².